The summed E-state index contributed by atoms with van der Waals surface area (Å²) in [5.41, 5.74) is 9.57. The van der Waals surface area contributed by atoms with E-state index in [9.17, 15) is 4.79 Å². The summed E-state index contributed by atoms with van der Waals surface area (Å²) >= 11 is 6.28. The number of piperazine rings is 1. The summed E-state index contributed by atoms with van der Waals surface area (Å²) in [6.45, 7) is 10.2. The van der Waals surface area contributed by atoms with E-state index in [2.05, 4.69) is 43.1 Å². The summed E-state index contributed by atoms with van der Waals surface area (Å²) < 4.78 is 0. The van der Waals surface area contributed by atoms with Crippen LogP contribution in [0, 0.1) is 5.92 Å². The van der Waals surface area contributed by atoms with Gasteiger partial charge in [0.15, 0.2) is 0 Å². The number of carbonyl (C=O) groups excluding carboxylic acids is 1. The third-order valence-corrected chi connectivity index (χ3v) is 8.71. The van der Waals surface area contributed by atoms with Crippen molar-refractivity contribution in [1.29, 1.82) is 0 Å². The largest absolute Gasteiger partial charge is 0.350 e. The van der Waals surface area contributed by atoms with E-state index >= 15 is 0 Å². The molecule has 6 unspecified atom stereocenters. The van der Waals surface area contributed by atoms with Crippen molar-refractivity contribution < 1.29 is 4.79 Å². The standard InChI is InChI=1S/C22H42ClN9O/c1-29-8-10-30(11-9-29)16-3-6-31(7-4-16)18-2-5-25-13-17(18)27-22(33)19-20(24)28-32-14-15(23)12-26-21(19)32/h15-21,25-26,28H,2-14,24H2,1H3,(H,27,33). The number of alkyl halides is 1. The van der Waals surface area contributed by atoms with Gasteiger partial charge in [-0.25, -0.2) is 10.4 Å². The van der Waals surface area contributed by atoms with Crippen LogP contribution < -0.4 is 27.1 Å². The van der Waals surface area contributed by atoms with Crippen molar-refractivity contribution in [2.45, 2.75) is 55.1 Å². The zero-order valence-corrected chi connectivity index (χ0v) is 20.6. The molecule has 6 atom stereocenters. The molecule has 0 spiro atoms. The van der Waals surface area contributed by atoms with Crippen LogP contribution in [0.25, 0.3) is 0 Å². The number of halogens is 1. The molecule has 33 heavy (non-hydrogen) atoms. The van der Waals surface area contributed by atoms with Gasteiger partial charge in [-0.15, -0.1) is 11.6 Å². The molecule has 10 nitrogen and oxygen atoms in total. The number of fused-ring (bicyclic) bond motifs is 1. The van der Waals surface area contributed by atoms with E-state index < -0.39 is 6.17 Å². The van der Waals surface area contributed by atoms with Crippen LogP contribution in [0.4, 0.5) is 0 Å². The van der Waals surface area contributed by atoms with Crippen LogP contribution in [-0.4, -0.2) is 134 Å². The molecule has 5 fully saturated rings. The number of hydrogen-bond acceptors (Lipinski definition) is 9. The third kappa shape index (κ3) is 5.34. The summed E-state index contributed by atoms with van der Waals surface area (Å²) in [6, 6.07) is 1.20. The Bertz CT molecular complexity index is 670. The maximum Gasteiger partial charge on any atom is 0.229 e. The average molecular weight is 484 g/mol. The number of likely N-dealkylation sites (N-methyl/N-ethyl adjacent to an activating group) is 1. The van der Waals surface area contributed by atoms with Crippen molar-refractivity contribution in [1.82, 2.24) is 41.1 Å². The highest BCUT2D eigenvalue weighted by Crippen LogP contribution is 2.25. The predicted octanol–water partition coefficient (Wildman–Crippen LogP) is -2.20. The van der Waals surface area contributed by atoms with Crippen LogP contribution in [0.3, 0.4) is 0 Å². The predicted molar refractivity (Wildman–Crippen MR) is 130 cm³/mol. The van der Waals surface area contributed by atoms with Crippen molar-refractivity contribution in [3.8, 4) is 0 Å². The van der Waals surface area contributed by atoms with E-state index in [1.54, 1.807) is 0 Å². The van der Waals surface area contributed by atoms with Gasteiger partial charge in [0.1, 0.15) is 0 Å². The molecule has 5 rings (SSSR count). The third-order valence-electron chi connectivity index (χ3n) is 8.42. The first-order valence-electron chi connectivity index (χ1n) is 12.8. The SMILES string of the molecule is CN1CCN(C2CCN(C3CCNCC3NC(=O)C3C(N)NN4CC(Cl)CNC34)CC2)CC1. The lowest BCUT2D eigenvalue weighted by molar-refractivity contribution is -0.128. The first-order chi connectivity index (χ1) is 16.0. The zero-order chi connectivity index (χ0) is 22.9. The van der Waals surface area contributed by atoms with Gasteiger partial charge < -0.3 is 21.3 Å². The van der Waals surface area contributed by atoms with Gasteiger partial charge in [0.25, 0.3) is 0 Å². The van der Waals surface area contributed by atoms with Gasteiger partial charge in [0.05, 0.1) is 29.7 Å². The van der Waals surface area contributed by atoms with E-state index in [1.807, 2.05) is 5.01 Å². The Hall–Kier alpha value is -0.560. The number of rotatable bonds is 4. The molecule has 0 bridgehead atoms. The number of nitrogens with two attached hydrogens (primary N) is 1. The summed E-state index contributed by atoms with van der Waals surface area (Å²) in [5.74, 6) is -0.297. The molecule has 5 aliphatic heterocycles. The molecule has 0 aliphatic carbocycles. The molecule has 0 radical (unpaired) electrons. The number of amides is 1. The summed E-state index contributed by atoms with van der Waals surface area (Å²) in [6.07, 6.45) is 3.02. The van der Waals surface area contributed by atoms with Gasteiger partial charge in [0, 0.05) is 71.0 Å². The van der Waals surface area contributed by atoms with Gasteiger partial charge in [-0.3, -0.25) is 19.9 Å². The monoisotopic (exact) mass is 483 g/mol. The lowest BCUT2D eigenvalue weighted by Crippen LogP contribution is -2.64. The van der Waals surface area contributed by atoms with Gasteiger partial charge in [-0.2, -0.15) is 0 Å². The van der Waals surface area contributed by atoms with Gasteiger partial charge in [0.2, 0.25) is 5.91 Å². The highest BCUT2D eigenvalue weighted by atomic mass is 35.5. The molecule has 1 amide bonds. The second kappa shape index (κ2) is 10.6. The molecule has 5 saturated heterocycles. The van der Waals surface area contributed by atoms with E-state index in [4.69, 9.17) is 17.3 Å². The Morgan fingerprint density at radius 2 is 1.79 bits per heavy atom. The molecular formula is C22H42ClN9O. The Balaban J connectivity index is 1.16. The fraction of sp³-hybridized carbons (Fsp3) is 0.955. The number of nitrogens with one attached hydrogen (secondary N) is 4. The molecular weight excluding hydrogens is 442 g/mol. The number of likely N-dealkylation sites (tertiary alicyclic amines) is 1. The fourth-order valence-electron chi connectivity index (χ4n) is 6.46. The molecule has 6 N–H and O–H groups in total. The smallest absolute Gasteiger partial charge is 0.229 e. The lowest BCUT2D eigenvalue weighted by Gasteiger charge is -2.47. The second-order valence-corrected chi connectivity index (χ2v) is 11.2. The average Bonchev–Trinajstić information content (AvgIpc) is 3.15. The Kier molecular flexibility index (Phi) is 7.75. The van der Waals surface area contributed by atoms with Crippen molar-refractivity contribution in [2.24, 2.45) is 11.7 Å². The Labute approximate surface area is 202 Å². The molecule has 5 aliphatic rings. The van der Waals surface area contributed by atoms with Crippen molar-refractivity contribution >= 4 is 17.5 Å². The summed E-state index contributed by atoms with van der Waals surface area (Å²) in [5, 5.41) is 12.3. The normalized spacial score (nSPS) is 40.6. The summed E-state index contributed by atoms with van der Waals surface area (Å²) in [7, 11) is 2.22. The van der Waals surface area contributed by atoms with Crippen molar-refractivity contribution in [3.05, 3.63) is 0 Å². The van der Waals surface area contributed by atoms with E-state index in [0.29, 0.717) is 25.2 Å². The maximum absolute atomic E-state index is 13.4. The van der Waals surface area contributed by atoms with Gasteiger partial charge in [-0.1, -0.05) is 0 Å². The minimum absolute atomic E-state index is 0.0171. The molecule has 0 aromatic carbocycles. The number of piperidine rings is 2. The number of hydrogen-bond donors (Lipinski definition) is 5. The van der Waals surface area contributed by atoms with E-state index in [-0.39, 0.29) is 29.4 Å². The van der Waals surface area contributed by atoms with E-state index in [1.165, 1.54) is 39.0 Å². The van der Waals surface area contributed by atoms with Gasteiger partial charge >= 0.3 is 0 Å². The molecule has 0 aromatic rings. The van der Waals surface area contributed by atoms with Crippen molar-refractivity contribution in [2.75, 3.05) is 72.5 Å². The Morgan fingerprint density at radius 1 is 1.03 bits per heavy atom. The minimum Gasteiger partial charge on any atom is -0.350 e. The second-order valence-electron chi connectivity index (χ2n) is 10.6. The minimum atomic E-state index is -0.404. The van der Waals surface area contributed by atoms with Crippen LogP contribution >= 0.6 is 11.6 Å². The van der Waals surface area contributed by atoms with Crippen LogP contribution in [0.2, 0.25) is 0 Å². The van der Waals surface area contributed by atoms with Crippen LogP contribution in [0.5, 0.6) is 0 Å². The number of carbonyl (C=O) groups is 1. The Morgan fingerprint density at radius 3 is 2.55 bits per heavy atom. The highest BCUT2D eigenvalue weighted by molar-refractivity contribution is 6.21. The lowest BCUT2D eigenvalue weighted by atomic mass is 9.93. The highest BCUT2D eigenvalue weighted by Gasteiger charge is 2.47. The van der Waals surface area contributed by atoms with Gasteiger partial charge in [-0.05, 0) is 32.9 Å². The first-order valence-corrected chi connectivity index (χ1v) is 13.3. The van der Waals surface area contributed by atoms with E-state index in [0.717, 1.165) is 32.6 Å². The molecule has 0 saturated carbocycles. The quantitative estimate of drug-likeness (QED) is 0.285. The number of hydrazine groups is 1. The zero-order valence-electron chi connectivity index (χ0n) is 19.9. The molecule has 188 valence electrons. The number of nitrogens with zero attached hydrogens (tertiary/aromatic N) is 4. The molecule has 11 heteroatoms. The van der Waals surface area contributed by atoms with Crippen LogP contribution in [-0.2, 0) is 4.79 Å². The summed E-state index contributed by atoms with van der Waals surface area (Å²) in [4.78, 5) is 21.1. The molecule has 0 aromatic heterocycles. The van der Waals surface area contributed by atoms with Crippen LogP contribution in [0.15, 0.2) is 0 Å². The van der Waals surface area contributed by atoms with Crippen molar-refractivity contribution in [3.63, 3.8) is 0 Å². The first kappa shape index (κ1) is 24.1. The van der Waals surface area contributed by atoms with Crippen LogP contribution in [0.1, 0.15) is 19.3 Å². The molecule has 5 heterocycles. The fourth-order valence-corrected chi connectivity index (χ4v) is 6.69. The maximum atomic E-state index is 13.4. The topological polar surface area (TPSA) is 104 Å².